The smallest absolute Gasteiger partial charge is 0.266 e. The summed E-state index contributed by atoms with van der Waals surface area (Å²) >= 11 is 0. The number of oxime groups is 1. The minimum atomic E-state index is -0.0429. The highest BCUT2D eigenvalue weighted by molar-refractivity contribution is 6.10. The SMILES string of the molecule is CN(C)c1ccc(Oc2ccc(-c3nnc(CO/N=C(/c4ccccc4)c4nnnn4C)o3)nc2)cc1. The Morgan fingerprint density at radius 1 is 0.946 bits per heavy atom. The third-order valence-corrected chi connectivity index (χ3v) is 5.23. The zero-order chi connectivity index (χ0) is 25.6. The molecule has 0 unspecified atom stereocenters. The molecule has 5 rings (SSSR count). The molecule has 0 radical (unpaired) electrons. The second-order valence-electron chi connectivity index (χ2n) is 8.08. The van der Waals surface area contributed by atoms with Crippen molar-refractivity contribution in [3.63, 3.8) is 0 Å². The topological polar surface area (TPSA) is 129 Å². The molecule has 0 amide bonds. The highest BCUT2D eigenvalue weighted by Crippen LogP contribution is 2.25. The lowest BCUT2D eigenvalue weighted by Gasteiger charge is -2.12. The summed E-state index contributed by atoms with van der Waals surface area (Å²) in [5.74, 6) is 2.25. The largest absolute Gasteiger partial charge is 0.456 e. The van der Waals surface area contributed by atoms with Crippen molar-refractivity contribution in [3.05, 3.63) is 90.2 Å². The molecule has 0 aliphatic carbocycles. The van der Waals surface area contributed by atoms with E-state index in [9.17, 15) is 0 Å². The van der Waals surface area contributed by atoms with E-state index in [1.54, 1.807) is 25.4 Å². The van der Waals surface area contributed by atoms with Crippen molar-refractivity contribution in [2.75, 3.05) is 19.0 Å². The summed E-state index contributed by atoms with van der Waals surface area (Å²) in [5, 5.41) is 23.9. The molecule has 3 aromatic heterocycles. The van der Waals surface area contributed by atoms with Gasteiger partial charge in [0, 0.05) is 32.4 Å². The molecule has 0 aliphatic heterocycles. The van der Waals surface area contributed by atoms with Gasteiger partial charge in [-0.3, -0.25) is 0 Å². The van der Waals surface area contributed by atoms with Crippen molar-refractivity contribution >= 4 is 11.4 Å². The summed E-state index contributed by atoms with van der Waals surface area (Å²) in [6, 6.07) is 20.8. The number of anilines is 1. The first-order chi connectivity index (χ1) is 18.1. The van der Waals surface area contributed by atoms with Crippen LogP contribution in [0.2, 0.25) is 0 Å². The number of ether oxygens (including phenoxy) is 1. The molecule has 0 saturated heterocycles. The van der Waals surface area contributed by atoms with Gasteiger partial charge >= 0.3 is 0 Å². The molecular formula is C25H23N9O3. The van der Waals surface area contributed by atoms with Crippen LogP contribution in [0.4, 0.5) is 5.69 Å². The number of benzene rings is 2. The van der Waals surface area contributed by atoms with E-state index in [0.29, 0.717) is 28.7 Å². The Morgan fingerprint density at radius 3 is 2.41 bits per heavy atom. The van der Waals surface area contributed by atoms with Gasteiger partial charge in [-0.1, -0.05) is 35.5 Å². The van der Waals surface area contributed by atoms with Crippen LogP contribution in [-0.2, 0) is 18.5 Å². The molecule has 0 spiro atoms. The average Bonchev–Trinajstić information content (AvgIpc) is 3.57. The normalized spacial score (nSPS) is 11.4. The van der Waals surface area contributed by atoms with Crippen LogP contribution >= 0.6 is 0 Å². The fraction of sp³-hybridized carbons (Fsp3) is 0.160. The molecule has 0 saturated carbocycles. The Hall–Kier alpha value is -5.13. The maximum atomic E-state index is 5.86. The number of hydrogen-bond donors (Lipinski definition) is 0. The van der Waals surface area contributed by atoms with Gasteiger partial charge in [0.15, 0.2) is 12.3 Å². The van der Waals surface area contributed by atoms with Gasteiger partial charge in [-0.2, -0.15) is 0 Å². The van der Waals surface area contributed by atoms with Crippen LogP contribution in [0.3, 0.4) is 0 Å². The second-order valence-corrected chi connectivity index (χ2v) is 8.08. The Kier molecular flexibility index (Phi) is 6.79. The predicted molar refractivity (Wildman–Crippen MR) is 134 cm³/mol. The molecule has 37 heavy (non-hydrogen) atoms. The standard InChI is InChI=1S/C25H23N9O3/c1-33(2)18-9-11-19(12-10-18)36-20-13-14-21(26-15-20)25-29-27-22(37-25)16-35-30-23(17-7-5-4-6-8-17)24-28-31-32-34(24)3/h4-15H,16H2,1-3H3/b30-23-. The van der Waals surface area contributed by atoms with Gasteiger partial charge in [-0.05, 0) is 46.8 Å². The van der Waals surface area contributed by atoms with Crippen LogP contribution in [0, 0.1) is 0 Å². The third kappa shape index (κ3) is 5.59. The van der Waals surface area contributed by atoms with E-state index in [4.69, 9.17) is 14.0 Å². The Morgan fingerprint density at radius 2 is 1.73 bits per heavy atom. The van der Waals surface area contributed by atoms with Gasteiger partial charge in [0.25, 0.3) is 11.8 Å². The molecule has 0 N–H and O–H groups in total. The Balaban J connectivity index is 1.24. The lowest BCUT2D eigenvalue weighted by Crippen LogP contribution is -2.12. The van der Waals surface area contributed by atoms with Crippen LogP contribution in [0.15, 0.2) is 82.5 Å². The van der Waals surface area contributed by atoms with E-state index in [-0.39, 0.29) is 18.4 Å². The fourth-order valence-corrected chi connectivity index (χ4v) is 3.33. The first kappa shape index (κ1) is 23.6. The van der Waals surface area contributed by atoms with E-state index in [0.717, 1.165) is 11.3 Å². The molecule has 186 valence electrons. The van der Waals surface area contributed by atoms with Crippen molar-refractivity contribution in [1.82, 2.24) is 35.4 Å². The van der Waals surface area contributed by atoms with Gasteiger partial charge in [0.05, 0.1) is 6.20 Å². The van der Waals surface area contributed by atoms with Crippen molar-refractivity contribution in [2.45, 2.75) is 6.61 Å². The minimum absolute atomic E-state index is 0.0429. The van der Waals surface area contributed by atoms with Crippen molar-refractivity contribution in [1.29, 1.82) is 0 Å². The van der Waals surface area contributed by atoms with E-state index >= 15 is 0 Å². The Bertz CT molecular complexity index is 1480. The number of rotatable bonds is 9. The number of tetrazole rings is 1. The summed E-state index contributed by atoms with van der Waals surface area (Å²) in [7, 11) is 5.70. The summed E-state index contributed by atoms with van der Waals surface area (Å²) in [6.07, 6.45) is 1.60. The van der Waals surface area contributed by atoms with Crippen molar-refractivity contribution in [3.8, 4) is 23.1 Å². The molecule has 0 fully saturated rings. The van der Waals surface area contributed by atoms with Crippen LogP contribution in [-0.4, -0.2) is 55.2 Å². The van der Waals surface area contributed by atoms with Gasteiger partial charge in [0.1, 0.15) is 17.2 Å². The fourth-order valence-electron chi connectivity index (χ4n) is 3.33. The average molecular weight is 498 g/mol. The van der Waals surface area contributed by atoms with Crippen LogP contribution < -0.4 is 9.64 Å². The highest BCUT2D eigenvalue weighted by atomic mass is 16.6. The molecule has 0 aliphatic rings. The molecule has 12 heteroatoms. The minimum Gasteiger partial charge on any atom is -0.456 e. The van der Waals surface area contributed by atoms with Crippen LogP contribution in [0.1, 0.15) is 17.3 Å². The second kappa shape index (κ2) is 10.6. The third-order valence-electron chi connectivity index (χ3n) is 5.23. The zero-order valence-electron chi connectivity index (χ0n) is 20.4. The van der Waals surface area contributed by atoms with Crippen LogP contribution in [0.25, 0.3) is 11.6 Å². The van der Waals surface area contributed by atoms with Gasteiger partial charge in [-0.25, -0.2) is 9.67 Å². The predicted octanol–water partition coefficient (Wildman–Crippen LogP) is 3.48. The highest BCUT2D eigenvalue weighted by Gasteiger charge is 2.16. The number of pyridine rings is 1. The van der Waals surface area contributed by atoms with Gasteiger partial charge in [-0.15, -0.1) is 15.3 Å². The first-order valence-corrected chi connectivity index (χ1v) is 11.3. The molecule has 5 aromatic rings. The number of hydrogen-bond acceptors (Lipinski definition) is 11. The molecule has 3 heterocycles. The molecule has 0 atom stereocenters. The Labute approximate surface area is 212 Å². The van der Waals surface area contributed by atoms with E-state index in [2.05, 4.69) is 35.9 Å². The van der Waals surface area contributed by atoms with Crippen molar-refractivity contribution < 1.29 is 14.0 Å². The summed E-state index contributed by atoms with van der Waals surface area (Å²) < 4.78 is 13.1. The van der Waals surface area contributed by atoms with Gasteiger partial charge < -0.3 is 18.9 Å². The van der Waals surface area contributed by atoms with Crippen molar-refractivity contribution in [2.24, 2.45) is 12.2 Å². The van der Waals surface area contributed by atoms with E-state index < -0.39 is 0 Å². The van der Waals surface area contributed by atoms with Crippen LogP contribution in [0.5, 0.6) is 11.5 Å². The molecule has 0 bridgehead atoms. The molecular weight excluding hydrogens is 474 g/mol. The van der Waals surface area contributed by atoms with Gasteiger partial charge in [0.2, 0.25) is 5.82 Å². The monoisotopic (exact) mass is 497 g/mol. The lowest BCUT2D eigenvalue weighted by molar-refractivity contribution is 0.111. The number of nitrogens with zero attached hydrogens (tertiary/aromatic N) is 9. The number of aromatic nitrogens is 7. The van der Waals surface area contributed by atoms with E-state index in [1.807, 2.05) is 73.6 Å². The maximum Gasteiger partial charge on any atom is 0.266 e. The summed E-state index contributed by atoms with van der Waals surface area (Å²) in [4.78, 5) is 11.9. The maximum absolute atomic E-state index is 5.86. The molecule has 2 aromatic carbocycles. The first-order valence-electron chi connectivity index (χ1n) is 11.3. The number of aryl methyl sites for hydroxylation is 1. The lowest BCUT2D eigenvalue weighted by atomic mass is 10.1. The quantitative estimate of drug-likeness (QED) is 0.220. The zero-order valence-corrected chi connectivity index (χ0v) is 20.4. The van der Waals surface area contributed by atoms with E-state index in [1.165, 1.54) is 4.68 Å². The summed E-state index contributed by atoms with van der Waals surface area (Å²) in [6.45, 7) is -0.0429. The summed E-state index contributed by atoms with van der Waals surface area (Å²) in [5.41, 5.74) is 2.87. The molecule has 12 nitrogen and oxygen atoms in total.